The summed E-state index contributed by atoms with van der Waals surface area (Å²) in [7, 11) is -7.60. The zero-order valence-electron chi connectivity index (χ0n) is 18.4. The second-order valence-corrected chi connectivity index (χ2v) is 11.1. The van der Waals surface area contributed by atoms with E-state index in [0.29, 0.717) is 16.8 Å². The molecule has 0 saturated heterocycles. The summed E-state index contributed by atoms with van der Waals surface area (Å²) in [5, 5.41) is 2.61. The molecule has 0 unspecified atom stereocenters. The number of nitrogens with one attached hydrogen (secondary N) is 3. The summed E-state index contributed by atoms with van der Waals surface area (Å²) in [5.41, 5.74) is 2.51. The number of hydrogen-bond acceptors (Lipinski definition) is 6. The molecule has 0 aliphatic carbocycles. The maximum absolute atomic E-state index is 12.9. The molecular weight excluding hydrogens is 476 g/mol. The normalized spacial score (nSPS) is 15.4. The van der Waals surface area contributed by atoms with E-state index in [-0.39, 0.29) is 27.9 Å². The zero-order valence-corrected chi connectivity index (χ0v) is 20.0. The number of benzene rings is 3. The number of anilines is 2. The van der Waals surface area contributed by atoms with Crippen LogP contribution in [0.2, 0.25) is 0 Å². The predicted octanol–water partition coefficient (Wildman–Crippen LogP) is 2.78. The molecule has 4 rings (SSSR count). The van der Waals surface area contributed by atoms with Crippen molar-refractivity contribution in [2.75, 3.05) is 16.6 Å². The molecule has 3 aromatic carbocycles. The molecule has 1 aliphatic rings. The van der Waals surface area contributed by atoms with E-state index in [2.05, 4.69) is 19.8 Å². The van der Waals surface area contributed by atoms with Gasteiger partial charge in [0.15, 0.2) is 0 Å². The van der Waals surface area contributed by atoms with Crippen LogP contribution >= 0.6 is 0 Å². The maximum atomic E-state index is 12.9. The van der Waals surface area contributed by atoms with Crippen LogP contribution in [0.1, 0.15) is 16.7 Å². The molecule has 0 saturated carbocycles. The highest BCUT2D eigenvalue weighted by atomic mass is 32.2. The topological polar surface area (TPSA) is 134 Å². The summed E-state index contributed by atoms with van der Waals surface area (Å²) in [4.78, 5) is 16.7. The minimum absolute atomic E-state index is 0.0237. The number of aryl methyl sites for hydroxylation is 2. The van der Waals surface area contributed by atoms with Crippen LogP contribution in [0, 0.1) is 13.8 Å². The minimum atomic E-state index is -3.90. The number of rotatable bonds is 6. The highest BCUT2D eigenvalue weighted by Gasteiger charge is 2.30. The lowest BCUT2D eigenvalue weighted by molar-refractivity contribution is -0.114. The Balaban J connectivity index is 1.50. The number of amidine groups is 1. The fraction of sp³-hybridized carbons (Fsp3) is 0.130. The Morgan fingerprint density at radius 1 is 0.971 bits per heavy atom. The quantitative estimate of drug-likeness (QED) is 0.481. The van der Waals surface area contributed by atoms with E-state index in [1.807, 2.05) is 13.0 Å². The zero-order chi connectivity index (χ0) is 24.5. The Kier molecular flexibility index (Phi) is 6.15. The molecular formula is C23H22N4O5S2. The van der Waals surface area contributed by atoms with Crippen molar-refractivity contribution in [3.63, 3.8) is 0 Å². The molecule has 1 amide bonds. The Morgan fingerprint density at radius 3 is 2.50 bits per heavy atom. The molecule has 11 heteroatoms. The van der Waals surface area contributed by atoms with Crippen molar-refractivity contribution in [3.8, 4) is 0 Å². The molecule has 1 aliphatic heterocycles. The first-order valence-electron chi connectivity index (χ1n) is 10.2. The Morgan fingerprint density at radius 2 is 1.74 bits per heavy atom. The van der Waals surface area contributed by atoms with Crippen molar-refractivity contribution < 1.29 is 21.6 Å². The van der Waals surface area contributed by atoms with Crippen molar-refractivity contribution in [2.45, 2.75) is 23.6 Å². The first-order chi connectivity index (χ1) is 16.0. The van der Waals surface area contributed by atoms with Crippen LogP contribution in [-0.4, -0.2) is 35.1 Å². The lowest BCUT2D eigenvalue weighted by atomic mass is 10.2. The van der Waals surface area contributed by atoms with Gasteiger partial charge in [0.05, 0.1) is 9.79 Å². The summed E-state index contributed by atoms with van der Waals surface area (Å²) in [6, 6.07) is 17.9. The predicted molar refractivity (Wildman–Crippen MR) is 130 cm³/mol. The number of nitrogens with zero attached hydrogens (tertiary/aromatic N) is 1. The number of fused-ring (bicyclic) bond motifs is 1. The summed E-state index contributed by atoms with van der Waals surface area (Å²) in [6.45, 7) is 3.16. The summed E-state index contributed by atoms with van der Waals surface area (Å²) >= 11 is 0. The summed E-state index contributed by atoms with van der Waals surface area (Å²) < 4.78 is 55.1. The van der Waals surface area contributed by atoms with E-state index < -0.39 is 26.0 Å². The van der Waals surface area contributed by atoms with E-state index in [0.717, 1.165) is 5.56 Å². The van der Waals surface area contributed by atoms with Gasteiger partial charge in [-0.15, -0.1) is 0 Å². The lowest BCUT2D eigenvalue weighted by Gasteiger charge is -2.13. The third-order valence-corrected chi connectivity index (χ3v) is 8.00. The number of sulfonamides is 2. The number of carbonyl (C=O) groups excluding carboxylic acids is 1. The number of aliphatic imine (C=N–C) groups is 1. The highest BCUT2D eigenvalue weighted by molar-refractivity contribution is 7.92. The fourth-order valence-corrected chi connectivity index (χ4v) is 6.06. The third-order valence-electron chi connectivity index (χ3n) is 5.08. The lowest BCUT2D eigenvalue weighted by Crippen LogP contribution is -2.24. The molecule has 9 nitrogen and oxygen atoms in total. The molecule has 34 heavy (non-hydrogen) atoms. The van der Waals surface area contributed by atoms with E-state index in [9.17, 15) is 21.6 Å². The molecule has 0 atom stereocenters. The molecule has 3 N–H and O–H groups in total. The van der Waals surface area contributed by atoms with Crippen molar-refractivity contribution in [1.82, 2.24) is 4.72 Å². The average Bonchev–Trinajstić information content (AvgIpc) is 3.03. The highest BCUT2D eigenvalue weighted by Crippen LogP contribution is 2.24. The third kappa shape index (κ3) is 4.95. The van der Waals surface area contributed by atoms with Gasteiger partial charge in [0.1, 0.15) is 12.4 Å². The van der Waals surface area contributed by atoms with Crippen LogP contribution in [0.3, 0.4) is 0 Å². The SMILES string of the molecule is Cc1cccc(NS(=O)(=O)c2cc(NC(=O)CN=C3NS(=O)(=O)c4ccccc43)ccc2C)c1. The second kappa shape index (κ2) is 8.92. The minimum Gasteiger partial charge on any atom is -0.324 e. The van der Waals surface area contributed by atoms with Gasteiger partial charge in [-0.1, -0.05) is 30.3 Å². The maximum Gasteiger partial charge on any atom is 0.263 e. The van der Waals surface area contributed by atoms with Crippen LogP contribution in [0.15, 0.2) is 81.5 Å². The first-order valence-corrected chi connectivity index (χ1v) is 13.2. The molecule has 1 heterocycles. The molecule has 0 aromatic heterocycles. The van der Waals surface area contributed by atoms with Gasteiger partial charge in [0.2, 0.25) is 5.91 Å². The summed E-state index contributed by atoms with van der Waals surface area (Å²) in [6.07, 6.45) is 0. The second-order valence-electron chi connectivity index (χ2n) is 7.77. The Bertz CT molecular complexity index is 1530. The van der Waals surface area contributed by atoms with Gasteiger partial charge in [-0.25, -0.2) is 16.8 Å². The van der Waals surface area contributed by atoms with Gasteiger partial charge in [0.25, 0.3) is 20.0 Å². The Hall–Kier alpha value is -3.70. The van der Waals surface area contributed by atoms with Gasteiger partial charge in [-0.3, -0.25) is 19.2 Å². The monoisotopic (exact) mass is 498 g/mol. The van der Waals surface area contributed by atoms with Gasteiger partial charge >= 0.3 is 0 Å². The number of amides is 1. The molecule has 0 fully saturated rings. The van der Waals surface area contributed by atoms with Crippen molar-refractivity contribution in [2.24, 2.45) is 4.99 Å². The van der Waals surface area contributed by atoms with Gasteiger partial charge in [-0.05, 0) is 61.4 Å². The van der Waals surface area contributed by atoms with Crippen molar-refractivity contribution in [3.05, 3.63) is 83.4 Å². The fourth-order valence-electron chi connectivity index (χ4n) is 3.49. The van der Waals surface area contributed by atoms with E-state index >= 15 is 0 Å². The van der Waals surface area contributed by atoms with E-state index in [1.54, 1.807) is 55.5 Å². The standard InChI is InChI=1S/C23H22N4O5S2/c1-15-6-5-7-18(12-15)26-34(31,32)21-13-17(11-10-16(21)2)25-22(28)14-24-23-19-8-3-4-9-20(19)33(29,30)27-23/h3-13,26H,14H2,1-2H3,(H,24,27)(H,25,28). The van der Waals surface area contributed by atoms with Crippen LogP contribution in [0.4, 0.5) is 11.4 Å². The van der Waals surface area contributed by atoms with Gasteiger partial charge in [0, 0.05) is 16.9 Å². The smallest absolute Gasteiger partial charge is 0.263 e. The van der Waals surface area contributed by atoms with Crippen LogP contribution in [0.25, 0.3) is 0 Å². The Labute approximate surface area is 198 Å². The van der Waals surface area contributed by atoms with Gasteiger partial charge < -0.3 is 5.32 Å². The van der Waals surface area contributed by atoms with Crippen LogP contribution < -0.4 is 14.8 Å². The van der Waals surface area contributed by atoms with E-state index in [4.69, 9.17) is 0 Å². The van der Waals surface area contributed by atoms with Gasteiger partial charge in [-0.2, -0.15) is 0 Å². The molecule has 176 valence electrons. The molecule has 0 bridgehead atoms. The van der Waals surface area contributed by atoms with Crippen molar-refractivity contribution in [1.29, 1.82) is 0 Å². The van der Waals surface area contributed by atoms with Crippen LogP contribution in [0.5, 0.6) is 0 Å². The largest absolute Gasteiger partial charge is 0.324 e. The number of hydrogen-bond donors (Lipinski definition) is 3. The summed E-state index contributed by atoms with van der Waals surface area (Å²) in [5.74, 6) is -0.449. The average molecular weight is 499 g/mol. The molecule has 0 radical (unpaired) electrons. The molecule has 3 aromatic rings. The van der Waals surface area contributed by atoms with E-state index in [1.165, 1.54) is 12.1 Å². The van der Waals surface area contributed by atoms with Crippen LogP contribution in [-0.2, 0) is 24.8 Å². The first kappa shape index (κ1) is 23.5. The molecule has 0 spiro atoms. The van der Waals surface area contributed by atoms with Crippen molar-refractivity contribution >= 4 is 43.2 Å². The number of carbonyl (C=O) groups is 1.